The van der Waals surface area contributed by atoms with Gasteiger partial charge in [0.2, 0.25) is 11.8 Å². The van der Waals surface area contributed by atoms with Crippen LogP contribution in [0.3, 0.4) is 0 Å². The fraction of sp³-hybridized carbons (Fsp3) is 0.737. The van der Waals surface area contributed by atoms with Gasteiger partial charge in [0.25, 0.3) is 0 Å². The van der Waals surface area contributed by atoms with E-state index in [4.69, 9.17) is 0 Å². The van der Waals surface area contributed by atoms with Crippen molar-refractivity contribution in [3.63, 3.8) is 0 Å². The van der Waals surface area contributed by atoms with Crippen molar-refractivity contribution in [3.8, 4) is 0 Å². The Bertz CT molecular complexity index is 624. The highest BCUT2D eigenvalue weighted by Crippen LogP contribution is 2.28. The van der Waals surface area contributed by atoms with Crippen molar-refractivity contribution in [2.45, 2.75) is 59.3 Å². The van der Waals surface area contributed by atoms with E-state index in [9.17, 15) is 9.59 Å². The van der Waals surface area contributed by atoms with Gasteiger partial charge in [-0.3, -0.25) is 14.3 Å². The lowest BCUT2D eigenvalue weighted by atomic mass is 9.84. The number of nitrogens with zero attached hydrogens (tertiary/aromatic N) is 3. The lowest BCUT2D eigenvalue weighted by Crippen LogP contribution is -2.44. The second-order valence-corrected chi connectivity index (χ2v) is 8.58. The monoisotopic (exact) mass is 348 g/mol. The number of anilines is 1. The summed E-state index contributed by atoms with van der Waals surface area (Å²) in [5.41, 5.74) is 0.847. The van der Waals surface area contributed by atoms with E-state index in [0.29, 0.717) is 18.3 Å². The summed E-state index contributed by atoms with van der Waals surface area (Å²) in [6.45, 7) is 11.1. The molecule has 6 heteroatoms. The third-order valence-corrected chi connectivity index (χ3v) is 4.60. The Hall–Kier alpha value is -1.85. The maximum atomic E-state index is 12.6. The van der Waals surface area contributed by atoms with Crippen LogP contribution >= 0.6 is 0 Å². The van der Waals surface area contributed by atoms with Crippen LogP contribution < -0.4 is 5.32 Å². The average Bonchev–Trinajstić information content (AvgIpc) is 2.76. The van der Waals surface area contributed by atoms with Gasteiger partial charge in [0.1, 0.15) is 5.82 Å². The Morgan fingerprint density at radius 1 is 1.36 bits per heavy atom. The molecular weight excluding hydrogens is 316 g/mol. The number of amides is 2. The van der Waals surface area contributed by atoms with E-state index >= 15 is 0 Å². The smallest absolute Gasteiger partial charge is 0.245 e. The highest BCUT2D eigenvalue weighted by atomic mass is 16.2. The van der Waals surface area contributed by atoms with Gasteiger partial charge < -0.3 is 10.2 Å². The molecule has 0 radical (unpaired) electrons. The van der Waals surface area contributed by atoms with Crippen LogP contribution in [0.2, 0.25) is 0 Å². The first kappa shape index (κ1) is 19.5. The molecule has 25 heavy (non-hydrogen) atoms. The molecule has 0 saturated heterocycles. The van der Waals surface area contributed by atoms with Crippen molar-refractivity contribution in [3.05, 3.63) is 11.8 Å². The van der Waals surface area contributed by atoms with Crippen LogP contribution in [0.15, 0.2) is 6.07 Å². The topological polar surface area (TPSA) is 67.2 Å². The summed E-state index contributed by atoms with van der Waals surface area (Å²) in [5.74, 6) is 1.06. The second kappa shape index (κ2) is 7.58. The van der Waals surface area contributed by atoms with Crippen molar-refractivity contribution < 1.29 is 9.59 Å². The minimum Gasteiger partial charge on any atom is -0.333 e. The molecule has 0 aliphatic heterocycles. The van der Waals surface area contributed by atoms with Crippen LogP contribution in [0.4, 0.5) is 5.82 Å². The fourth-order valence-corrected chi connectivity index (χ4v) is 2.89. The number of aromatic nitrogens is 2. The van der Waals surface area contributed by atoms with Crippen LogP contribution in [-0.4, -0.2) is 39.6 Å². The molecule has 1 heterocycles. The Balaban J connectivity index is 2.03. The first-order chi connectivity index (χ1) is 11.6. The first-order valence-electron chi connectivity index (χ1n) is 9.21. The molecule has 1 aromatic heterocycles. The van der Waals surface area contributed by atoms with Gasteiger partial charge in [0, 0.05) is 31.0 Å². The number of carbonyl (C=O) groups excluding carboxylic acids is 2. The van der Waals surface area contributed by atoms with Crippen molar-refractivity contribution in [2.24, 2.45) is 18.9 Å². The number of nitrogens with one attached hydrogen (secondary N) is 1. The van der Waals surface area contributed by atoms with E-state index in [1.807, 2.05) is 13.1 Å². The zero-order valence-corrected chi connectivity index (χ0v) is 16.4. The molecule has 140 valence electrons. The van der Waals surface area contributed by atoms with Crippen molar-refractivity contribution in [1.82, 2.24) is 14.7 Å². The van der Waals surface area contributed by atoms with Gasteiger partial charge >= 0.3 is 0 Å². The molecule has 1 saturated carbocycles. The van der Waals surface area contributed by atoms with Gasteiger partial charge in [0.05, 0.1) is 12.2 Å². The summed E-state index contributed by atoms with van der Waals surface area (Å²) in [7, 11) is 1.82. The summed E-state index contributed by atoms with van der Waals surface area (Å²) in [5, 5.41) is 7.37. The number of carbonyl (C=O) groups is 2. The van der Waals surface area contributed by atoms with Crippen molar-refractivity contribution in [1.29, 1.82) is 0 Å². The summed E-state index contributed by atoms with van der Waals surface area (Å²) in [6.07, 6.45) is 3.01. The van der Waals surface area contributed by atoms with Gasteiger partial charge in [-0.15, -0.1) is 0 Å². The molecule has 1 fully saturated rings. The molecule has 0 atom stereocenters. The predicted molar refractivity (Wildman–Crippen MR) is 99.3 cm³/mol. The molecule has 6 nitrogen and oxygen atoms in total. The highest BCUT2D eigenvalue weighted by molar-refractivity contribution is 5.94. The number of aryl methyl sites for hydroxylation is 1. The largest absolute Gasteiger partial charge is 0.333 e. The number of hydrogen-bond acceptors (Lipinski definition) is 3. The fourth-order valence-electron chi connectivity index (χ4n) is 2.89. The van der Waals surface area contributed by atoms with E-state index < -0.39 is 0 Å². The van der Waals surface area contributed by atoms with Crippen LogP contribution in [0.1, 0.15) is 59.6 Å². The molecule has 0 aromatic carbocycles. The standard InChI is InChI=1S/C19H32N4O2/c1-13(2)11-23(18(25)14-8-7-9-14)12-17(24)20-16-10-15(19(3,4)5)21-22(16)6/h10,13-14H,7-9,11-12H2,1-6H3,(H,20,24). The van der Waals surface area contributed by atoms with E-state index in [1.165, 1.54) is 0 Å². The molecule has 1 N–H and O–H groups in total. The van der Waals surface area contributed by atoms with Gasteiger partial charge in [0.15, 0.2) is 0 Å². The number of hydrogen-bond donors (Lipinski definition) is 1. The zero-order valence-electron chi connectivity index (χ0n) is 16.4. The van der Waals surface area contributed by atoms with E-state index in [1.54, 1.807) is 9.58 Å². The van der Waals surface area contributed by atoms with Crippen LogP contribution in [-0.2, 0) is 22.1 Å². The predicted octanol–water partition coefficient (Wildman–Crippen LogP) is 2.94. The Labute approximate surface area is 151 Å². The lowest BCUT2D eigenvalue weighted by molar-refractivity contribution is -0.141. The van der Waals surface area contributed by atoms with Gasteiger partial charge in [-0.25, -0.2) is 0 Å². The van der Waals surface area contributed by atoms with Crippen molar-refractivity contribution in [2.75, 3.05) is 18.4 Å². The van der Waals surface area contributed by atoms with Crippen LogP contribution in [0, 0.1) is 11.8 Å². The van der Waals surface area contributed by atoms with Crippen LogP contribution in [0.25, 0.3) is 0 Å². The maximum Gasteiger partial charge on any atom is 0.245 e. The quantitative estimate of drug-likeness (QED) is 0.859. The Kier molecular flexibility index (Phi) is 5.91. The molecule has 2 rings (SSSR count). The summed E-state index contributed by atoms with van der Waals surface area (Å²) in [4.78, 5) is 26.8. The Morgan fingerprint density at radius 3 is 2.44 bits per heavy atom. The molecule has 0 unspecified atom stereocenters. The van der Waals surface area contributed by atoms with Gasteiger partial charge in [-0.05, 0) is 18.8 Å². The SMILES string of the molecule is CC(C)CN(CC(=O)Nc1cc(C(C)(C)C)nn1C)C(=O)C1CCC1. The zero-order chi connectivity index (χ0) is 18.8. The lowest BCUT2D eigenvalue weighted by Gasteiger charge is -2.32. The van der Waals surface area contributed by atoms with E-state index in [2.05, 4.69) is 45.0 Å². The van der Waals surface area contributed by atoms with Crippen molar-refractivity contribution >= 4 is 17.6 Å². The first-order valence-corrected chi connectivity index (χ1v) is 9.21. The molecule has 1 aliphatic carbocycles. The average molecular weight is 348 g/mol. The normalized spacial score (nSPS) is 15.2. The minimum atomic E-state index is -0.170. The minimum absolute atomic E-state index is 0.0788. The Morgan fingerprint density at radius 2 is 2.00 bits per heavy atom. The molecule has 1 aliphatic rings. The molecular formula is C19H32N4O2. The summed E-state index contributed by atoms with van der Waals surface area (Å²) < 4.78 is 1.68. The summed E-state index contributed by atoms with van der Waals surface area (Å²) in [6, 6.07) is 1.90. The third kappa shape index (κ3) is 5.06. The van der Waals surface area contributed by atoms with E-state index in [-0.39, 0.29) is 29.7 Å². The highest BCUT2D eigenvalue weighted by Gasteiger charge is 2.31. The molecule has 2 amide bonds. The van der Waals surface area contributed by atoms with Crippen LogP contribution in [0.5, 0.6) is 0 Å². The number of rotatable bonds is 6. The van der Waals surface area contributed by atoms with E-state index in [0.717, 1.165) is 25.0 Å². The third-order valence-electron chi connectivity index (χ3n) is 4.60. The van der Waals surface area contributed by atoms with Gasteiger partial charge in [-0.1, -0.05) is 41.0 Å². The second-order valence-electron chi connectivity index (χ2n) is 8.58. The molecule has 0 bridgehead atoms. The summed E-state index contributed by atoms with van der Waals surface area (Å²) >= 11 is 0. The van der Waals surface area contributed by atoms with Gasteiger partial charge in [-0.2, -0.15) is 5.10 Å². The maximum absolute atomic E-state index is 12.6. The molecule has 0 spiro atoms. The molecule has 1 aromatic rings.